The lowest BCUT2D eigenvalue weighted by Gasteiger charge is -2.18. The lowest BCUT2D eigenvalue weighted by atomic mass is 10.1. The van der Waals surface area contributed by atoms with E-state index in [1.54, 1.807) is 43.5 Å². The van der Waals surface area contributed by atoms with E-state index in [1.165, 1.54) is 18.4 Å². The predicted molar refractivity (Wildman–Crippen MR) is 141 cm³/mol. The van der Waals surface area contributed by atoms with Crippen LogP contribution in [-0.2, 0) is 16.0 Å². The number of benzene rings is 1. The van der Waals surface area contributed by atoms with Gasteiger partial charge in [-0.1, -0.05) is 23.7 Å². The number of thiophene rings is 1. The number of methoxy groups -OCH3 is 1. The van der Waals surface area contributed by atoms with Crippen molar-refractivity contribution in [2.45, 2.75) is 32.7 Å². The summed E-state index contributed by atoms with van der Waals surface area (Å²) in [6.07, 6.45) is 1.56. The van der Waals surface area contributed by atoms with Crippen LogP contribution in [0.5, 0.6) is 5.75 Å². The Bertz CT molecular complexity index is 1260. The number of phenolic OH excluding ortho intramolecular Hbond substituents is 1. The van der Waals surface area contributed by atoms with Crippen molar-refractivity contribution in [3.8, 4) is 5.75 Å². The summed E-state index contributed by atoms with van der Waals surface area (Å²) in [6.45, 7) is 3.76. The summed E-state index contributed by atoms with van der Waals surface area (Å²) >= 11 is 7.15. The Morgan fingerprint density at radius 2 is 1.86 bits per heavy atom. The van der Waals surface area contributed by atoms with Crippen LogP contribution in [0.3, 0.4) is 0 Å². The number of aromatic nitrogens is 2. The van der Waals surface area contributed by atoms with Crippen LogP contribution in [0.1, 0.15) is 43.4 Å². The van der Waals surface area contributed by atoms with Gasteiger partial charge in [0.25, 0.3) is 11.8 Å². The van der Waals surface area contributed by atoms with Crippen LogP contribution in [0.2, 0.25) is 5.02 Å². The number of halogens is 1. The summed E-state index contributed by atoms with van der Waals surface area (Å²) in [4.78, 5) is 46.7. The minimum atomic E-state index is -1.13. The Labute approximate surface area is 223 Å². The van der Waals surface area contributed by atoms with E-state index < -0.39 is 23.8 Å². The van der Waals surface area contributed by atoms with Crippen molar-refractivity contribution in [3.63, 3.8) is 0 Å². The van der Waals surface area contributed by atoms with Crippen molar-refractivity contribution in [2.24, 2.45) is 0 Å². The van der Waals surface area contributed by atoms with Gasteiger partial charge in [0.1, 0.15) is 16.7 Å². The monoisotopic (exact) mass is 545 g/mol. The number of phenols is 1. The maximum atomic E-state index is 13.0. The highest BCUT2D eigenvalue weighted by Gasteiger charge is 2.26. The number of aryl methyl sites for hydroxylation is 3. The van der Waals surface area contributed by atoms with Gasteiger partial charge in [0.15, 0.2) is 0 Å². The number of aromatic hydroxyl groups is 1. The smallest absolute Gasteiger partial charge is 0.330 e. The van der Waals surface area contributed by atoms with Crippen LogP contribution in [0.25, 0.3) is 0 Å². The van der Waals surface area contributed by atoms with Crippen LogP contribution >= 0.6 is 22.9 Å². The molecule has 3 rings (SSSR count). The average molecular weight is 546 g/mol. The SMILES string of the molecule is COC(=O)C(CNC(=O)c1sccc1Cl)NC(=O)c1c(C)nc(NCCCc2cccc(O)c2)nc1C. The van der Waals surface area contributed by atoms with E-state index >= 15 is 0 Å². The van der Waals surface area contributed by atoms with Crippen LogP contribution in [0.15, 0.2) is 35.7 Å². The molecule has 1 aromatic carbocycles. The summed E-state index contributed by atoms with van der Waals surface area (Å²) in [5.41, 5.74) is 2.11. The minimum absolute atomic E-state index is 0.191. The number of anilines is 1. The summed E-state index contributed by atoms with van der Waals surface area (Å²) in [7, 11) is 1.19. The normalized spacial score (nSPS) is 11.5. The first kappa shape index (κ1) is 27.9. The van der Waals surface area contributed by atoms with Gasteiger partial charge >= 0.3 is 5.97 Å². The largest absolute Gasteiger partial charge is 0.508 e. The molecule has 37 heavy (non-hydrogen) atoms. The second-order valence-corrected chi connectivity index (χ2v) is 9.47. The van der Waals surface area contributed by atoms with E-state index in [9.17, 15) is 19.5 Å². The van der Waals surface area contributed by atoms with Gasteiger partial charge in [-0.2, -0.15) is 0 Å². The van der Waals surface area contributed by atoms with Gasteiger partial charge in [0, 0.05) is 13.1 Å². The number of esters is 1. The maximum Gasteiger partial charge on any atom is 0.330 e. The van der Waals surface area contributed by atoms with Gasteiger partial charge in [-0.05, 0) is 55.8 Å². The number of rotatable bonds is 11. The molecule has 2 amide bonds. The quantitative estimate of drug-likeness (QED) is 0.212. The molecule has 0 aliphatic rings. The van der Waals surface area contributed by atoms with E-state index in [0.717, 1.165) is 18.4 Å². The fourth-order valence-corrected chi connectivity index (χ4v) is 4.68. The molecule has 10 nitrogen and oxygen atoms in total. The van der Waals surface area contributed by atoms with Crippen LogP contribution < -0.4 is 16.0 Å². The third-order valence-corrected chi connectivity index (χ3v) is 6.76. The number of ether oxygens (including phenoxy) is 1. The number of amides is 2. The first-order chi connectivity index (χ1) is 17.7. The minimum Gasteiger partial charge on any atom is -0.508 e. The maximum absolute atomic E-state index is 13.0. The fourth-order valence-electron chi connectivity index (χ4n) is 3.63. The summed E-state index contributed by atoms with van der Waals surface area (Å²) in [6, 6.07) is 7.57. The standard InChI is InChI=1S/C25H28ClN5O5S/c1-14-20(15(2)30-25(29-14)27-10-5-7-16-6-4-8-17(32)12-16)22(33)31-19(24(35)36-3)13-28-23(34)21-18(26)9-11-37-21/h4,6,8-9,11-12,19,32H,5,7,10,13H2,1-3H3,(H,28,34)(H,31,33)(H,27,29,30). The molecule has 2 aromatic heterocycles. The summed E-state index contributed by atoms with van der Waals surface area (Å²) < 4.78 is 4.79. The molecule has 4 N–H and O–H groups in total. The van der Waals surface area contributed by atoms with Crippen LogP contribution in [-0.4, -0.2) is 59.1 Å². The van der Waals surface area contributed by atoms with Crippen molar-refractivity contribution in [1.82, 2.24) is 20.6 Å². The Morgan fingerprint density at radius 3 is 2.49 bits per heavy atom. The van der Waals surface area contributed by atoms with Gasteiger partial charge in [-0.25, -0.2) is 14.8 Å². The molecule has 0 bridgehead atoms. The molecule has 0 fully saturated rings. The average Bonchev–Trinajstić information content (AvgIpc) is 3.29. The zero-order valence-electron chi connectivity index (χ0n) is 20.6. The number of nitrogens with zero attached hydrogens (tertiary/aromatic N) is 2. The van der Waals surface area contributed by atoms with Gasteiger partial charge in [-0.3, -0.25) is 9.59 Å². The van der Waals surface area contributed by atoms with Gasteiger partial charge < -0.3 is 25.8 Å². The van der Waals surface area contributed by atoms with Gasteiger partial charge in [-0.15, -0.1) is 11.3 Å². The predicted octanol–water partition coefficient (Wildman–Crippen LogP) is 3.26. The number of carbonyl (C=O) groups excluding carboxylic acids is 3. The molecule has 3 aromatic rings. The Kier molecular flexibility index (Phi) is 9.81. The van der Waals surface area contributed by atoms with Crippen molar-refractivity contribution in [1.29, 1.82) is 0 Å². The van der Waals surface area contributed by atoms with Crippen molar-refractivity contribution >= 4 is 46.7 Å². The molecule has 1 unspecified atom stereocenters. The number of nitrogens with one attached hydrogen (secondary N) is 3. The molecule has 0 saturated heterocycles. The van der Waals surface area contributed by atoms with Crippen molar-refractivity contribution in [3.05, 3.63) is 68.1 Å². The highest BCUT2D eigenvalue weighted by molar-refractivity contribution is 7.12. The molecule has 0 radical (unpaired) electrons. The van der Waals surface area contributed by atoms with Gasteiger partial charge in [0.05, 0.1) is 29.1 Å². The van der Waals surface area contributed by atoms with E-state index in [-0.39, 0.29) is 17.9 Å². The molecular formula is C25H28ClN5O5S. The summed E-state index contributed by atoms with van der Waals surface area (Å²) in [5, 5.41) is 19.9. The molecular weight excluding hydrogens is 518 g/mol. The second-order valence-electron chi connectivity index (χ2n) is 8.15. The zero-order chi connectivity index (χ0) is 26.9. The lowest BCUT2D eigenvalue weighted by Crippen LogP contribution is -2.49. The number of carbonyl (C=O) groups is 3. The molecule has 0 spiro atoms. The van der Waals surface area contributed by atoms with E-state index in [4.69, 9.17) is 16.3 Å². The Balaban J connectivity index is 1.60. The molecule has 0 saturated carbocycles. The molecule has 1 atom stereocenters. The second kappa shape index (κ2) is 13.0. The first-order valence-corrected chi connectivity index (χ1v) is 12.7. The van der Waals surface area contributed by atoms with Crippen LogP contribution in [0.4, 0.5) is 5.95 Å². The first-order valence-electron chi connectivity index (χ1n) is 11.5. The third kappa shape index (κ3) is 7.64. The number of hydrogen-bond acceptors (Lipinski definition) is 9. The third-order valence-electron chi connectivity index (χ3n) is 5.41. The fraction of sp³-hybridized carbons (Fsp3) is 0.320. The topological polar surface area (TPSA) is 143 Å². The molecule has 2 heterocycles. The zero-order valence-corrected chi connectivity index (χ0v) is 22.2. The van der Waals surface area contributed by atoms with Crippen LogP contribution in [0, 0.1) is 13.8 Å². The molecule has 196 valence electrons. The molecule has 0 aliphatic heterocycles. The van der Waals surface area contributed by atoms with E-state index in [2.05, 4.69) is 25.9 Å². The van der Waals surface area contributed by atoms with E-state index in [0.29, 0.717) is 33.8 Å². The molecule has 12 heteroatoms. The summed E-state index contributed by atoms with van der Waals surface area (Å²) in [5.74, 6) is -1.13. The lowest BCUT2D eigenvalue weighted by molar-refractivity contribution is -0.142. The van der Waals surface area contributed by atoms with Gasteiger partial charge in [0.2, 0.25) is 5.95 Å². The number of hydrogen-bond donors (Lipinski definition) is 4. The van der Waals surface area contributed by atoms with E-state index in [1.807, 2.05) is 6.07 Å². The Hall–Kier alpha value is -3.70. The van der Waals surface area contributed by atoms with Crippen molar-refractivity contribution in [2.75, 3.05) is 25.5 Å². The molecule has 0 aliphatic carbocycles. The highest BCUT2D eigenvalue weighted by Crippen LogP contribution is 2.21. The highest BCUT2D eigenvalue weighted by atomic mass is 35.5. The Morgan fingerprint density at radius 1 is 1.14 bits per heavy atom. The van der Waals surface area contributed by atoms with Crippen molar-refractivity contribution < 1.29 is 24.2 Å².